The Kier molecular flexibility index (Phi) is 5.19. The minimum atomic E-state index is -0.794. The number of aromatic nitrogens is 1. The van der Waals surface area contributed by atoms with Crippen LogP contribution in [0.15, 0.2) is 61.6 Å². The number of hydrogen-bond donors (Lipinski definition) is 2. The van der Waals surface area contributed by atoms with Crippen molar-refractivity contribution in [2.75, 3.05) is 0 Å². The van der Waals surface area contributed by atoms with E-state index >= 15 is 0 Å². The van der Waals surface area contributed by atoms with Crippen molar-refractivity contribution in [3.05, 3.63) is 51.4 Å². The average Bonchev–Trinajstić information content (AvgIpc) is 2.89. The summed E-state index contributed by atoms with van der Waals surface area (Å²) in [6.07, 6.45) is -0.794. The Morgan fingerprint density at radius 1 is 1.24 bits per heavy atom. The van der Waals surface area contributed by atoms with Crippen molar-refractivity contribution in [2.24, 2.45) is 10.2 Å². The molecule has 0 aliphatic carbocycles. The van der Waals surface area contributed by atoms with Crippen molar-refractivity contribution >= 4 is 54.4 Å². The van der Waals surface area contributed by atoms with E-state index in [-0.39, 0.29) is 11.6 Å². The molecule has 2 aromatic carbocycles. The van der Waals surface area contributed by atoms with Gasteiger partial charge in [-0.15, -0.1) is 10.2 Å². The summed E-state index contributed by atoms with van der Waals surface area (Å²) >= 11 is 6.79. The van der Waals surface area contributed by atoms with E-state index < -0.39 is 12.0 Å². The smallest absolute Gasteiger partial charge is 0.304 e. The molecule has 0 radical (unpaired) electrons. The van der Waals surface area contributed by atoms with Gasteiger partial charge in [-0.2, -0.15) is 0 Å². The van der Waals surface area contributed by atoms with Gasteiger partial charge in [0, 0.05) is 14.3 Å². The number of fused-ring (bicyclic) bond motifs is 1. The summed E-state index contributed by atoms with van der Waals surface area (Å²) in [6.45, 7) is 1.59. The lowest BCUT2D eigenvalue weighted by molar-refractivity contribution is -0.124. The molecule has 1 atom stereocenters. The third kappa shape index (κ3) is 3.91. The second-order valence-electron chi connectivity index (χ2n) is 5.24. The Morgan fingerprint density at radius 2 is 1.96 bits per heavy atom. The van der Waals surface area contributed by atoms with Gasteiger partial charge < -0.3 is 14.8 Å². The van der Waals surface area contributed by atoms with E-state index in [9.17, 15) is 9.90 Å². The molecule has 6 nitrogen and oxygen atoms in total. The first-order valence-electron chi connectivity index (χ1n) is 7.32. The van der Waals surface area contributed by atoms with E-state index in [1.54, 1.807) is 25.1 Å². The minimum Gasteiger partial charge on any atom is -0.493 e. The number of aromatic amines is 1. The SMILES string of the molecule is CC(Oc1ccccc1)C(=O)N=Nc1c(O)[nH]c2c(Br)cc(Br)cc12. The molecule has 0 spiro atoms. The third-order valence-electron chi connectivity index (χ3n) is 3.43. The fourth-order valence-electron chi connectivity index (χ4n) is 2.23. The zero-order chi connectivity index (χ0) is 18.0. The van der Waals surface area contributed by atoms with Gasteiger partial charge in [0.05, 0.1) is 5.52 Å². The van der Waals surface area contributed by atoms with Crippen molar-refractivity contribution in [3.63, 3.8) is 0 Å². The van der Waals surface area contributed by atoms with E-state index in [2.05, 4.69) is 47.1 Å². The first kappa shape index (κ1) is 17.6. The van der Waals surface area contributed by atoms with Crippen LogP contribution in [0.5, 0.6) is 11.6 Å². The molecule has 25 heavy (non-hydrogen) atoms. The molecule has 8 heteroatoms. The zero-order valence-electron chi connectivity index (χ0n) is 13.0. The van der Waals surface area contributed by atoms with Gasteiger partial charge in [0.15, 0.2) is 11.8 Å². The predicted octanol–water partition coefficient (Wildman–Crippen LogP) is 5.48. The Hall–Kier alpha value is -2.19. The van der Waals surface area contributed by atoms with Gasteiger partial charge in [0.25, 0.3) is 0 Å². The Labute approximate surface area is 160 Å². The lowest BCUT2D eigenvalue weighted by Crippen LogP contribution is -2.21. The van der Waals surface area contributed by atoms with Crippen molar-refractivity contribution in [2.45, 2.75) is 13.0 Å². The van der Waals surface area contributed by atoms with E-state index in [4.69, 9.17) is 4.74 Å². The van der Waals surface area contributed by atoms with Crippen LogP contribution in [0.3, 0.4) is 0 Å². The quantitative estimate of drug-likeness (QED) is 0.499. The molecular weight excluding hydrogens is 454 g/mol. The number of amides is 1. The predicted molar refractivity (Wildman–Crippen MR) is 101 cm³/mol. The minimum absolute atomic E-state index is 0.165. The number of benzene rings is 2. The van der Waals surface area contributed by atoms with Crippen molar-refractivity contribution in [1.82, 2.24) is 4.98 Å². The topological polar surface area (TPSA) is 87.0 Å². The number of nitrogens with zero attached hydrogens (tertiary/aromatic N) is 2. The molecule has 2 N–H and O–H groups in total. The number of para-hydroxylation sites is 1. The second-order valence-corrected chi connectivity index (χ2v) is 7.01. The largest absolute Gasteiger partial charge is 0.493 e. The van der Waals surface area contributed by atoms with Crippen molar-refractivity contribution in [3.8, 4) is 11.6 Å². The summed E-state index contributed by atoms with van der Waals surface area (Å²) in [5, 5.41) is 18.3. The molecule has 1 unspecified atom stereocenters. The molecule has 1 heterocycles. The highest BCUT2D eigenvalue weighted by atomic mass is 79.9. The fourth-order valence-corrected chi connectivity index (χ4v) is 3.55. The average molecular weight is 467 g/mol. The van der Waals surface area contributed by atoms with Gasteiger partial charge in [0.2, 0.25) is 5.88 Å². The molecule has 3 aromatic rings. The molecule has 3 rings (SSSR count). The van der Waals surface area contributed by atoms with E-state index in [1.165, 1.54) is 0 Å². The van der Waals surface area contributed by atoms with Gasteiger partial charge >= 0.3 is 5.91 Å². The zero-order valence-corrected chi connectivity index (χ0v) is 16.2. The van der Waals surface area contributed by atoms with Crippen LogP contribution in [0, 0.1) is 0 Å². The number of rotatable bonds is 4. The van der Waals surface area contributed by atoms with Gasteiger partial charge in [-0.1, -0.05) is 34.1 Å². The molecule has 0 saturated heterocycles. The number of halogens is 2. The molecule has 128 valence electrons. The number of carbonyl (C=O) groups is 1. The number of ether oxygens (including phenoxy) is 1. The van der Waals surface area contributed by atoms with Crippen LogP contribution in [-0.2, 0) is 4.79 Å². The molecule has 0 aliphatic heterocycles. The van der Waals surface area contributed by atoms with Gasteiger partial charge in [-0.25, -0.2) is 0 Å². The third-order valence-corrected chi connectivity index (χ3v) is 4.51. The number of carbonyl (C=O) groups excluding carboxylic acids is 1. The van der Waals surface area contributed by atoms with Crippen LogP contribution < -0.4 is 4.74 Å². The number of aromatic hydroxyl groups is 1. The van der Waals surface area contributed by atoms with Crippen molar-refractivity contribution < 1.29 is 14.6 Å². The summed E-state index contributed by atoms with van der Waals surface area (Å²) in [5.74, 6) is -0.144. The molecular formula is C17H13Br2N3O3. The van der Waals surface area contributed by atoms with E-state index in [0.717, 1.165) is 8.95 Å². The molecule has 0 bridgehead atoms. The number of azo groups is 1. The monoisotopic (exact) mass is 465 g/mol. The van der Waals surface area contributed by atoms with E-state index in [1.807, 2.05) is 24.3 Å². The lowest BCUT2D eigenvalue weighted by atomic mass is 10.2. The summed E-state index contributed by atoms with van der Waals surface area (Å²) in [6, 6.07) is 12.6. The fraction of sp³-hybridized carbons (Fsp3) is 0.118. The van der Waals surface area contributed by atoms with Crippen LogP contribution in [0.4, 0.5) is 5.69 Å². The maximum absolute atomic E-state index is 12.1. The number of hydrogen-bond acceptors (Lipinski definition) is 4. The maximum Gasteiger partial charge on any atom is 0.304 e. The Bertz CT molecular complexity index is 955. The van der Waals surface area contributed by atoms with Crippen LogP contribution in [0.2, 0.25) is 0 Å². The van der Waals surface area contributed by atoms with Crippen LogP contribution >= 0.6 is 31.9 Å². The summed E-state index contributed by atoms with van der Waals surface area (Å²) in [4.78, 5) is 14.9. The molecule has 1 aromatic heterocycles. The van der Waals surface area contributed by atoms with Crippen LogP contribution in [-0.4, -0.2) is 22.1 Å². The van der Waals surface area contributed by atoms with Crippen molar-refractivity contribution in [1.29, 1.82) is 0 Å². The Balaban J connectivity index is 1.83. The second kappa shape index (κ2) is 7.37. The number of H-pyrrole nitrogens is 1. The highest BCUT2D eigenvalue weighted by molar-refractivity contribution is 9.11. The molecule has 0 saturated carbocycles. The normalized spacial score (nSPS) is 12.6. The summed E-state index contributed by atoms with van der Waals surface area (Å²) in [5.41, 5.74) is 0.855. The first-order chi connectivity index (χ1) is 12.0. The standard InChI is InChI=1S/C17H13Br2N3O3/c1-9(25-11-5-3-2-4-6-11)16(23)22-21-15-12-7-10(18)8-13(19)14(12)20-17(15)24/h2-9,20,24H,1H3. The molecule has 0 fully saturated rings. The first-order valence-corrected chi connectivity index (χ1v) is 8.91. The van der Waals surface area contributed by atoms with Gasteiger partial charge in [-0.3, -0.25) is 4.79 Å². The highest BCUT2D eigenvalue weighted by Gasteiger charge is 2.17. The molecule has 0 aliphatic rings. The maximum atomic E-state index is 12.1. The molecule has 1 amide bonds. The summed E-state index contributed by atoms with van der Waals surface area (Å²) in [7, 11) is 0. The highest BCUT2D eigenvalue weighted by Crippen LogP contribution is 2.40. The van der Waals surface area contributed by atoms with E-state index in [0.29, 0.717) is 16.7 Å². The number of nitrogens with one attached hydrogen (secondary N) is 1. The summed E-state index contributed by atoms with van der Waals surface area (Å²) < 4.78 is 7.06. The Morgan fingerprint density at radius 3 is 2.68 bits per heavy atom. The van der Waals surface area contributed by atoms with Crippen LogP contribution in [0.1, 0.15) is 6.92 Å². The van der Waals surface area contributed by atoms with Gasteiger partial charge in [-0.05, 0) is 47.1 Å². The lowest BCUT2D eigenvalue weighted by Gasteiger charge is -2.10. The van der Waals surface area contributed by atoms with Crippen LogP contribution in [0.25, 0.3) is 10.9 Å². The van der Waals surface area contributed by atoms with Gasteiger partial charge in [0.1, 0.15) is 5.75 Å².